The number of pyridine rings is 1. The summed E-state index contributed by atoms with van der Waals surface area (Å²) >= 11 is 0. The van der Waals surface area contributed by atoms with E-state index in [1.165, 1.54) is 12.1 Å². The second kappa shape index (κ2) is 3.48. The first-order chi connectivity index (χ1) is 7.00. The summed E-state index contributed by atoms with van der Waals surface area (Å²) in [5, 5.41) is 0. The first-order valence-corrected chi connectivity index (χ1v) is 4.78. The fourth-order valence-electron chi connectivity index (χ4n) is 1.63. The third kappa shape index (κ3) is 2.12. The van der Waals surface area contributed by atoms with Crippen LogP contribution in [-0.4, -0.2) is 4.98 Å². The standard InChI is InChI=1S/C10H11F3N2/c11-10(12,13)9-7(2-1-5-15-9)8(14)6-3-4-6/h1-2,5-6,8H,3-4,14H2. The number of halogens is 3. The molecule has 1 fully saturated rings. The molecule has 0 aromatic carbocycles. The highest BCUT2D eigenvalue weighted by molar-refractivity contribution is 5.27. The molecule has 1 heterocycles. The lowest BCUT2D eigenvalue weighted by Gasteiger charge is -2.16. The number of rotatable bonds is 2. The zero-order valence-electron chi connectivity index (χ0n) is 7.96. The molecule has 1 aromatic rings. The molecule has 5 heteroatoms. The van der Waals surface area contributed by atoms with Gasteiger partial charge in [-0.25, -0.2) is 0 Å². The minimum atomic E-state index is -4.41. The third-order valence-electron chi connectivity index (χ3n) is 2.60. The van der Waals surface area contributed by atoms with Gasteiger partial charge in [0, 0.05) is 12.2 Å². The van der Waals surface area contributed by atoms with Gasteiger partial charge in [0.15, 0.2) is 0 Å². The number of nitrogens with two attached hydrogens (primary N) is 1. The second-order valence-corrected chi connectivity index (χ2v) is 3.80. The highest BCUT2D eigenvalue weighted by Crippen LogP contribution is 2.42. The Labute approximate surface area is 85.3 Å². The van der Waals surface area contributed by atoms with Crippen molar-refractivity contribution in [3.05, 3.63) is 29.6 Å². The SMILES string of the molecule is NC(c1cccnc1C(F)(F)F)C1CC1. The van der Waals surface area contributed by atoms with Crippen molar-refractivity contribution in [2.75, 3.05) is 0 Å². The molecule has 0 saturated heterocycles. The smallest absolute Gasteiger partial charge is 0.324 e. The van der Waals surface area contributed by atoms with Crippen molar-refractivity contribution in [2.45, 2.75) is 25.1 Å². The van der Waals surface area contributed by atoms with Gasteiger partial charge in [0.05, 0.1) is 0 Å². The van der Waals surface area contributed by atoms with Crippen molar-refractivity contribution in [3.8, 4) is 0 Å². The van der Waals surface area contributed by atoms with Crippen LogP contribution in [0.2, 0.25) is 0 Å². The maximum Gasteiger partial charge on any atom is 0.433 e. The fraction of sp³-hybridized carbons (Fsp3) is 0.500. The lowest BCUT2D eigenvalue weighted by molar-refractivity contribution is -0.142. The minimum absolute atomic E-state index is 0.118. The van der Waals surface area contributed by atoms with Crippen LogP contribution in [0.1, 0.15) is 30.1 Å². The van der Waals surface area contributed by atoms with Gasteiger partial charge < -0.3 is 5.73 Å². The molecule has 0 bridgehead atoms. The molecule has 1 saturated carbocycles. The molecule has 1 aromatic heterocycles. The maximum absolute atomic E-state index is 12.6. The lowest BCUT2D eigenvalue weighted by atomic mass is 10.0. The van der Waals surface area contributed by atoms with Crippen LogP contribution in [0.3, 0.4) is 0 Å². The maximum atomic E-state index is 12.6. The molecule has 1 aliphatic carbocycles. The van der Waals surface area contributed by atoms with E-state index >= 15 is 0 Å². The Hall–Kier alpha value is -1.10. The van der Waals surface area contributed by atoms with Crippen LogP contribution in [0.15, 0.2) is 18.3 Å². The molecule has 2 rings (SSSR count). The molecule has 2 N–H and O–H groups in total. The Morgan fingerprint density at radius 2 is 2.07 bits per heavy atom. The van der Waals surface area contributed by atoms with E-state index in [0.717, 1.165) is 19.0 Å². The predicted molar refractivity (Wildman–Crippen MR) is 48.9 cm³/mol. The van der Waals surface area contributed by atoms with E-state index in [9.17, 15) is 13.2 Å². The number of aromatic nitrogens is 1. The van der Waals surface area contributed by atoms with Gasteiger partial charge in [-0.05, 0) is 30.4 Å². The normalized spacial score (nSPS) is 18.9. The van der Waals surface area contributed by atoms with Gasteiger partial charge in [0.1, 0.15) is 5.69 Å². The molecule has 0 radical (unpaired) electrons. The largest absolute Gasteiger partial charge is 0.433 e. The number of hydrogen-bond donors (Lipinski definition) is 1. The van der Waals surface area contributed by atoms with E-state index in [-0.39, 0.29) is 11.5 Å². The van der Waals surface area contributed by atoms with Gasteiger partial charge in [-0.15, -0.1) is 0 Å². The molecular formula is C10H11F3N2. The van der Waals surface area contributed by atoms with Crippen molar-refractivity contribution in [2.24, 2.45) is 11.7 Å². The highest BCUT2D eigenvalue weighted by atomic mass is 19.4. The molecule has 1 aliphatic rings. The molecule has 0 aliphatic heterocycles. The van der Waals surface area contributed by atoms with Crippen molar-refractivity contribution in [1.29, 1.82) is 0 Å². The minimum Gasteiger partial charge on any atom is -0.324 e. The molecule has 2 nitrogen and oxygen atoms in total. The summed E-state index contributed by atoms with van der Waals surface area (Å²) in [6.45, 7) is 0. The van der Waals surface area contributed by atoms with Crippen LogP contribution in [0.5, 0.6) is 0 Å². The molecular weight excluding hydrogens is 205 g/mol. The van der Waals surface area contributed by atoms with Gasteiger partial charge >= 0.3 is 6.18 Å². The van der Waals surface area contributed by atoms with Crippen LogP contribution in [0.4, 0.5) is 13.2 Å². The summed E-state index contributed by atoms with van der Waals surface area (Å²) in [5.41, 5.74) is 5.03. The van der Waals surface area contributed by atoms with Gasteiger partial charge in [-0.1, -0.05) is 6.07 Å². The van der Waals surface area contributed by atoms with Crippen molar-refractivity contribution in [1.82, 2.24) is 4.98 Å². The molecule has 1 unspecified atom stereocenters. The lowest BCUT2D eigenvalue weighted by Crippen LogP contribution is -2.20. The highest BCUT2D eigenvalue weighted by Gasteiger charge is 2.39. The molecule has 1 atom stereocenters. The summed E-state index contributed by atoms with van der Waals surface area (Å²) in [6, 6.07) is 2.38. The fourth-order valence-corrected chi connectivity index (χ4v) is 1.63. The van der Waals surface area contributed by atoms with Crippen LogP contribution < -0.4 is 5.73 Å². The van der Waals surface area contributed by atoms with E-state index in [1.807, 2.05) is 0 Å². The van der Waals surface area contributed by atoms with Crippen LogP contribution >= 0.6 is 0 Å². The topological polar surface area (TPSA) is 38.9 Å². The molecule has 0 spiro atoms. The number of hydrogen-bond acceptors (Lipinski definition) is 2. The van der Waals surface area contributed by atoms with E-state index in [1.54, 1.807) is 0 Å². The Morgan fingerprint density at radius 1 is 1.40 bits per heavy atom. The van der Waals surface area contributed by atoms with Gasteiger partial charge in [0.25, 0.3) is 0 Å². The van der Waals surface area contributed by atoms with E-state index in [2.05, 4.69) is 4.98 Å². The zero-order chi connectivity index (χ0) is 11.1. The molecule has 0 amide bonds. The summed E-state index contributed by atoms with van der Waals surface area (Å²) in [6.07, 6.45) is -1.45. The molecule has 82 valence electrons. The van der Waals surface area contributed by atoms with Crippen LogP contribution in [0, 0.1) is 5.92 Å². The number of nitrogens with zero attached hydrogens (tertiary/aromatic N) is 1. The quantitative estimate of drug-likeness (QED) is 0.824. The summed E-state index contributed by atoms with van der Waals surface area (Å²) in [7, 11) is 0. The van der Waals surface area contributed by atoms with Crippen molar-refractivity contribution in [3.63, 3.8) is 0 Å². The first-order valence-electron chi connectivity index (χ1n) is 4.78. The van der Waals surface area contributed by atoms with E-state index < -0.39 is 17.9 Å². The van der Waals surface area contributed by atoms with E-state index in [0.29, 0.717) is 0 Å². The Kier molecular flexibility index (Phi) is 2.42. The van der Waals surface area contributed by atoms with Gasteiger partial charge in [-0.3, -0.25) is 4.98 Å². The van der Waals surface area contributed by atoms with Gasteiger partial charge in [0.2, 0.25) is 0 Å². The first kappa shape index (κ1) is 10.4. The summed E-state index contributed by atoms with van der Waals surface area (Å²) in [4.78, 5) is 3.38. The number of alkyl halides is 3. The predicted octanol–water partition coefficient (Wildman–Crippen LogP) is 2.51. The molecule has 15 heavy (non-hydrogen) atoms. The average Bonchev–Trinajstić information content (AvgIpc) is 2.98. The summed E-state index contributed by atoms with van der Waals surface area (Å²) < 4.78 is 37.7. The zero-order valence-corrected chi connectivity index (χ0v) is 7.96. The monoisotopic (exact) mass is 216 g/mol. The second-order valence-electron chi connectivity index (χ2n) is 3.80. The third-order valence-corrected chi connectivity index (χ3v) is 2.60. The summed E-state index contributed by atoms with van der Waals surface area (Å²) in [5.74, 6) is 0.190. The Morgan fingerprint density at radius 3 is 2.60 bits per heavy atom. The van der Waals surface area contributed by atoms with E-state index in [4.69, 9.17) is 5.73 Å². The van der Waals surface area contributed by atoms with Crippen molar-refractivity contribution < 1.29 is 13.2 Å². The van der Waals surface area contributed by atoms with Crippen molar-refractivity contribution >= 4 is 0 Å². The van der Waals surface area contributed by atoms with Gasteiger partial charge in [-0.2, -0.15) is 13.2 Å². The average molecular weight is 216 g/mol. The van der Waals surface area contributed by atoms with Crippen LogP contribution in [-0.2, 0) is 6.18 Å². The van der Waals surface area contributed by atoms with Crippen LogP contribution in [0.25, 0.3) is 0 Å². The Bertz CT molecular complexity index is 358. The Balaban J connectivity index is 2.37.